The second-order valence-electron chi connectivity index (χ2n) is 6.20. The molecule has 2 aliphatic rings. The van der Waals surface area contributed by atoms with Crippen LogP contribution in [0.2, 0.25) is 0 Å². The van der Waals surface area contributed by atoms with E-state index in [4.69, 9.17) is 0 Å². The predicted octanol–water partition coefficient (Wildman–Crippen LogP) is 0.888. The first-order valence-corrected chi connectivity index (χ1v) is 9.05. The summed E-state index contributed by atoms with van der Waals surface area (Å²) in [6.07, 6.45) is 3.57. The number of carbonyl (C=O) groups excluding carboxylic acids is 1. The number of hydrogen-bond donors (Lipinski definition) is 0. The van der Waals surface area contributed by atoms with Crippen molar-refractivity contribution in [1.29, 1.82) is 0 Å². The maximum Gasteiger partial charge on any atom is 0.265 e. The minimum absolute atomic E-state index is 0.127. The minimum atomic E-state index is 0.127. The maximum atomic E-state index is 12.4. The quantitative estimate of drug-likeness (QED) is 0.824. The van der Waals surface area contributed by atoms with E-state index in [9.17, 15) is 4.79 Å². The Morgan fingerprint density at radius 1 is 1.12 bits per heavy atom. The van der Waals surface area contributed by atoms with Crippen LogP contribution in [-0.4, -0.2) is 76.0 Å². The summed E-state index contributed by atoms with van der Waals surface area (Å²) in [6, 6.07) is 2.31. The summed E-state index contributed by atoms with van der Waals surface area (Å²) in [4.78, 5) is 32.6. The smallest absolute Gasteiger partial charge is 0.265 e. The van der Waals surface area contributed by atoms with Crippen molar-refractivity contribution >= 4 is 23.2 Å². The van der Waals surface area contributed by atoms with Crippen molar-refractivity contribution in [3.8, 4) is 0 Å². The monoisotopic (exact) mass is 344 g/mol. The van der Waals surface area contributed by atoms with Gasteiger partial charge in [0.25, 0.3) is 5.91 Å². The summed E-state index contributed by atoms with van der Waals surface area (Å²) in [6.45, 7) is 7.38. The van der Waals surface area contributed by atoms with Crippen molar-refractivity contribution in [3.05, 3.63) is 34.5 Å². The Hall–Kier alpha value is -2.06. The van der Waals surface area contributed by atoms with Gasteiger partial charge < -0.3 is 9.80 Å². The van der Waals surface area contributed by atoms with E-state index >= 15 is 0 Å². The molecule has 24 heavy (non-hydrogen) atoms. The molecule has 0 radical (unpaired) electrons. The zero-order valence-electron chi connectivity index (χ0n) is 13.6. The fraction of sp³-hybridized carbons (Fsp3) is 0.500. The first-order chi connectivity index (χ1) is 11.7. The molecular weight excluding hydrogens is 324 g/mol. The molecule has 0 bridgehead atoms. The van der Waals surface area contributed by atoms with Gasteiger partial charge >= 0.3 is 0 Å². The molecule has 0 N–H and O–H groups in total. The molecule has 2 fully saturated rings. The standard InChI is InChI=1S/C16H20N6OS/c1-12-14(24-11-19-12)15(23)22-9-13(10-22)20-5-7-21(8-6-20)16-17-3-2-4-18-16/h2-4,11,13H,5-10H2,1H3. The number of anilines is 1. The third-order valence-electron chi connectivity index (χ3n) is 4.75. The van der Waals surface area contributed by atoms with E-state index in [1.54, 1.807) is 17.9 Å². The first kappa shape index (κ1) is 15.5. The maximum absolute atomic E-state index is 12.4. The van der Waals surface area contributed by atoms with Crippen LogP contribution in [-0.2, 0) is 0 Å². The van der Waals surface area contributed by atoms with E-state index < -0.39 is 0 Å². The summed E-state index contributed by atoms with van der Waals surface area (Å²) in [5, 5.41) is 0. The van der Waals surface area contributed by atoms with Gasteiger partial charge in [-0.15, -0.1) is 11.3 Å². The highest BCUT2D eigenvalue weighted by molar-refractivity contribution is 7.11. The summed E-state index contributed by atoms with van der Waals surface area (Å²) >= 11 is 1.43. The molecule has 0 spiro atoms. The molecule has 4 rings (SSSR count). The number of carbonyl (C=O) groups is 1. The number of likely N-dealkylation sites (tertiary alicyclic amines) is 1. The number of rotatable bonds is 3. The number of nitrogens with zero attached hydrogens (tertiary/aromatic N) is 6. The van der Waals surface area contributed by atoms with Gasteiger partial charge in [-0.1, -0.05) is 0 Å². The molecular formula is C16H20N6OS. The van der Waals surface area contributed by atoms with Gasteiger partial charge in [0.15, 0.2) is 0 Å². The number of piperazine rings is 1. The SMILES string of the molecule is Cc1ncsc1C(=O)N1CC(N2CCN(c3ncccn3)CC2)C1. The molecule has 0 unspecified atom stereocenters. The van der Waals surface area contributed by atoms with Crippen LogP contribution in [0.5, 0.6) is 0 Å². The van der Waals surface area contributed by atoms with Gasteiger partial charge in [0.1, 0.15) is 4.88 Å². The van der Waals surface area contributed by atoms with Crippen LogP contribution < -0.4 is 4.90 Å². The van der Waals surface area contributed by atoms with Crippen LogP contribution in [0.25, 0.3) is 0 Å². The molecule has 7 nitrogen and oxygen atoms in total. The highest BCUT2D eigenvalue weighted by Crippen LogP contribution is 2.23. The van der Waals surface area contributed by atoms with Crippen molar-refractivity contribution < 1.29 is 4.79 Å². The number of thiazole rings is 1. The highest BCUT2D eigenvalue weighted by Gasteiger charge is 2.37. The number of amides is 1. The Morgan fingerprint density at radius 2 is 1.83 bits per heavy atom. The largest absolute Gasteiger partial charge is 0.338 e. The highest BCUT2D eigenvalue weighted by atomic mass is 32.1. The van der Waals surface area contributed by atoms with Crippen molar-refractivity contribution in [3.63, 3.8) is 0 Å². The molecule has 2 saturated heterocycles. The fourth-order valence-corrected chi connectivity index (χ4v) is 4.01. The average molecular weight is 344 g/mol. The molecule has 2 aromatic heterocycles. The van der Waals surface area contributed by atoms with Gasteiger partial charge in [0, 0.05) is 57.7 Å². The molecule has 0 atom stereocenters. The van der Waals surface area contributed by atoms with Gasteiger partial charge in [-0.05, 0) is 13.0 Å². The van der Waals surface area contributed by atoms with E-state index in [0.29, 0.717) is 6.04 Å². The summed E-state index contributed by atoms with van der Waals surface area (Å²) < 4.78 is 0. The normalized spacial score (nSPS) is 19.4. The van der Waals surface area contributed by atoms with Gasteiger partial charge in [-0.2, -0.15) is 0 Å². The molecule has 0 aliphatic carbocycles. The molecule has 4 heterocycles. The van der Waals surface area contributed by atoms with Crippen molar-refractivity contribution in [1.82, 2.24) is 24.8 Å². The molecule has 8 heteroatoms. The van der Waals surface area contributed by atoms with Crippen LogP contribution in [0, 0.1) is 6.92 Å². The lowest BCUT2D eigenvalue weighted by Gasteiger charge is -2.48. The Labute approximate surface area is 145 Å². The molecule has 0 aromatic carbocycles. The van der Waals surface area contributed by atoms with E-state index in [1.165, 1.54) is 11.3 Å². The molecule has 2 aromatic rings. The van der Waals surface area contributed by atoms with Gasteiger partial charge in [0.05, 0.1) is 11.2 Å². The van der Waals surface area contributed by atoms with E-state index in [0.717, 1.165) is 55.8 Å². The van der Waals surface area contributed by atoms with Crippen LogP contribution in [0.1, 0.15) is 15.4 Å². The Bertz CT molecular complexity index is 706. The van der Waals surface area contributed by atoms with Crippen molar-refractivity contribution in [2.45, 2.75) is 13.0 Å². The number of hydrogen-bond acceptors (Lipinski definition) is 7. The third kappa shape index (κ3) is 2.87. The van der Waals surface area contributed by atoms with Crippen molar-refractivity contribution in [2.24, 2.45) is 0 Å². The van der Waals surface area contributed by atoms with Crippen LogP contribution in [0.3, 0.4) is 0 Å². The molecule has 0 saturated carbocycles. The van der Waals surface area contributed by atoms with Crippen molar-refractivity contribution in [2.75, 3.05) is 44.2 Å². The number of aryl methyl sites for hydroxylation is 1. The summed E-state index contributed by atoms with van der Waals surface area (Å²) in [7, 11) is 0. The third-order valence-corrected chi connectivity index (χ3v) is 5.67. The predicted molar refractivity (Wildman–Crippen MR) is 92.4 cm³/mol. The van der Waals surface area contributed by atoms with E-state index in [2.05, 4.69) is 24.8 Å². The molecule has 2 aliphatic heterocycles. The van der Waals surface area contributed by atoms with Crippen LogP contribution in [0.4, 0.5) is 5.95 Å². The van der Waals surface area contributed by atoms with Gasteiger partial charge in [-0.25, -0.2) is 15.0 Å². The van der Waals surface area contributed by atoms with Gasteiger partial charge in [0.2, 0.25) is 5.95 Å². The summed E-state index contributed by atoms with van der Waals surface area (Å²) in [5.74, 6) is 0.936. The van der Waals surface area contributed by atoms with E-state index in [-0.39, 0.29) is 5.91 Å². The minimum Gasteiger partial charge on any atom is -0.338 e. The first-order valence-electron chi connectivity index (χ1n) is 8.18. The van der Waals surface area contributed by atoms with Gasteiger partial charge in [-0.3, -0.25) is 9.69 Å². The Morgan fingerprint density at radius 3 is 2.46 bits per heavy atom. The molecule has 1 amide bonds. The Kier molecular flexibility index (Phi) is 4.15. The fourth-order valence-electron chi connectivity index (χ4n) is 3.24. The number of aromatic nitrogens is 3. The van der Waals surface area contributed by atoms with Crippen LogP contribution in [0.15, 0.2) is 24.0 Å². The van der Waals surface area contributed by atoms with Crippen LogP contribution >= 0.6 is 11.3 Å². The second-order valence-corrected chi connectivity index (χ2v) is 7.06. The topological polar surface area (TPSA) is 65.5 Å². The lowest BCUT2D eigenvalue weighted by molar-refractivity contribution is 0.0249. The Balaban J connectivity index is 1.28. The summed E-state index contributed by atoms with van der Waals surface area (Å²) in [5.41, 5.74) is 2.58. The lowest BCUT2D eigenvalue weighted by Crippen LogP contribution is -2.64. The average Bonchev–Trinajstić information content (AvgIpc) is 3.01. The second kappa shape index (κ2) is 6.45. The lowest BCUT2D eigenvalue weighted by atomic mass is 10.1. The van der Waals surface area contributed by atoms with E-state index in [1.807, 2.05) is 17.9 Å². The molecule has 126 valence electrons. The zero-order chi connectivity index (χ0) is 16.5. The zero-order valence-corrected chi connectivity index (χ0v) is 14.4.